The van der Waals surface area contributed by atoms with Crippen LogP contribution in [-0.2, 0) is 21.3 Å². The SMILES string of the molecule is COC(=O)c1ccccc1CS(=O)c1cc(C)ccc1C. The van der Waals surface area contributed by atoms with Gasteiger partial charge in [-0.3, -0.25) is 4.21 Å². The molecule has 0 saturated carbocycles. The van der Waals surface area contributed by atoms with Gasteiger partial charge in [0.1, 0.15) is 0 Å². The van der Waals surface area contributed by atoms with Crippen LogP contribution >= 0.6 is 0 Å². The number of ether oxygens (including phenoxy) is 1. The average Bonchev–Trinajstić information content (AvgIpc) is 2.49. The lowest BCUT2D eigenvalue weighted by Gasteiger charge is -2.10. The molecule has 0 bridgehead atoms. The third-order valence-electron chi connectivity index (χ3n) is 3.30. The van der Waals surface area contributed by atoms with E-state index in [1.807, 2.05) is 44.2 Å². The third-order valence-corrected chi connectivity index (χ3v) is 4.80. The minimum Gasteiger partial charge on any atom is -0.465 e. The van der Waals surface area contributed by atoms with E-state index in [-0.39, 0.29) is 0 Å². The van der Waals surface area contributed by atoms with Crippen molar-refractivity contribution >= 4 is 16.8 Å². The molecule has 0 aliphatic rings. The molecular formula is C17H18O3S. The summed E-state index contributed by atoms with van der Waals surface area (Å²) < 4.78 is 17.4. The summed E-state index contributed by atoms with van der Waals surface area (Å²) in [6, 6.07) is 13.0. The minimum absolute atomic E-state index is 0.301. The highest BCUT2D eigenvalue weighted by molar-refractivity contribution is 7.84. The van der Waals surface area contributed by atoms with E-state index in [1.165, 1.54) is 7.11 Å². The monoisotopic (exact) mass is 302 g/mol. The molecule has 0 fully saturated rings. The summed E-state index contributed by atoms with van der Waals surface area (Å²) in [5.74, 6) is -0.0983. The number of benzene rings is 2. The summed E-state index contributed by atoms with van der Waals surface area (Å²) in [6.07, 6.45) is 0. The molecule has 21 heavy (non-hydrogen) atoms. The maximum absolute atomic E-state index is 12.6. The summed E-state index contributed by atoms with van der Waals surface area (Å²) in [4.78, 5) is 12.6. The Hall–Kier alpha value is -1.94. The first kappa shape index (κ1) is 15.4. The predicted molar refractivity (Wildman–Crippen MR) is 83.8 cm³/mol. The highest BCUT2D eigenvalue weighted by Gasteiger charge is 2.15. The molecule has 2 rings (SSSR count). The number of carbonyl (C=O) groups excluding carboxylic acids is 1. The molecule has 2 aromatic carbocycles. The van der Waals surface area contributed by atoms with Crippen molar-refractivity contribution in [3.05, 3.63) is 64.7 Å². The van der Waals surface area contributed by atoms with Gasteiger partial charge >= 0.3 is 5.97 Å². The van der Waals surface area contributed by atoms with Gasteiger partial charge in [-0.05, 0) is 42.7 Å². The Morgan fingerprint density at radius 2 is 1.86 bits per heavy atom. The van der Waals surface area contributed by atoms with Crippen LogP contribution in [0.15, 0.2) is 47.4 Å². The van der Waals surface area contributed by atoms with Crippen molar-refractivity contribution in [3.63, 3.8) is 0 Å². The van der Waals surface area contributed by atoms with Gasteiger partial charge in [0.05, 0.1) is 29.2 Å². The zero-order valence-electron chi connectivity index (χ0n) is 12.4. The van der Waals surface area contributed by atoms with Gasteiger partial charge in [0.25, 0.3) is 0 Å². The fraction of sp³-hybridized carbons (Fsp3) is 0.235. The summed E-state index contributed by atoms with van der Waals surface area (Å²) in [7, 11) is 0.155. The van der Waals surface area contributed by atoms with Crippen LogP contribution in [0.2, 0.25) is 0 Å². The van der Waals surface area contributed by atoms with Gasteiger partial charge in [0, 0.05) is 4.90 Å². The molecule has 0 radical (unpaired) electrons. The summed E-state index contributed by atoms with van der Waals surface area (Å²) in [5, 5.41) is 0. The molecule has 0 saturated heterocycles. The number of methoxy groups -OCH3 is 1. The molecule has 0 N–H and O–H groups in total. The molecule has 0 amide bonds. The molecule has 0 aliphatic carbocycles. The Morgan fingerprint density at radius 1 is 1.14 bits per heavy atom. The van der Waals surface area contributed by atoms with Gasteiger partial charge in [0.15, 0.2) is 0 Å². The molecule has 0 spiro atoms. The van der Waals surface area contributed by atoms with Crippen molar-refractivity contribution in [3.8, 4) is 0 Å². The van der Waals surface area contributed by atoms with E-state index < -0.39 is 16.8 Å². The maximum Gasteiger partial charge on any atom is 0.338 e. The molecule has 3 nitrogen and oxygen atoms in total. The summed E-state index contributed by atoms with van der Waals surface area (Å²) in [5.41, 5.74) is 3.28. The number of carbonyl (C=O) groups is 1. The van der Waals surface area contributed by atoms with Crippen LogP contribution in [0, 0.1) is 13.8 Å². The normalized spacial score (nSPS) is 12.0. The summed E-state index contributed by atoms with van der Waals surface area (Å²) >= 11 is 0. The lowest BCUT2D eigenvalue weighted by molar-refractivity contribution is 0.0600. The van der Waals surface area contributed by atoms with Crippen molar-refractivity contribution < 1.29 is 13.7 Å². The first-order valence-corrected chi connectivity index (χ1v) is 7.96. The van der Waals surface area contributed by atoms with E-state index >= 15 is 0 Å². The molecule has 4 heteroatoms. The molecule has 110 valence electrons. The number of rotatable bonds is 4. The van der Waals surface area contributed by atoms with Gasteiger partial charge in [0.2, 0.25) is 0 Å². The van der Waals surface area contributed by atoms with Gasteiger partial charge in [-0.2, -0.15) is 0 Å². The van der Waals surface area contributed by atoms with E-state index in [4.69, 9.17) is 4.74 Å². The van der Waals surface area contributed by atoms with E-state index in [9.17, 15) is 9.00 Å². The molecular weight excluding hydrogens is 284 g/mol. The predicted octanol–water partition coefficient (Wildman–Crippen LogP) is 3.40. The van der Waals surface area contributed by atoms with E-state index in [1.54, 1.807) is 12.1 Å². The van der Waals surface area contributed by atoms with E-state index in [2.05, 4.69) is 0 Å². The molecule has 0 aromatic heterocycles. The van der Waals surface area contributed by atoms with Gasteiger partial charge < -0.3 is 4.74 Å². The second-order valence-corrected chi connectivity index (χ2v) is 6.33. The smallest absolute Gasteiger partial charge is 0.338 e. The van der Waals surface area contributed by atoms with E-state index in [0.29, 0.717) is 11.3 Å². The number of hydrogen-bond acceptors (Lipinski definition) is 3. The zero-order valence-corrected chi connectivity index (χ0v) is 13.2. The van der Waals surface area contributed by atoms with Gasteiger partial charge in [-0.25, -0.2) is 4.79 Å². The lowest BCUT2D eigenvalue weighted by Crippen LogP contribution is -2.08. The fourth-order valence-corrected chi connectivity index (χ4v) is 3.56. The van der Waals surface area contributed by atoms with E-state index in [0.717, 1.165) is 21.6 Å². The maximum atomic E-state index is 12.6. The number of aryl methyl sites for hydroxylation is 2. The second-order valence-electron chi connectivity index (χ2n) is 4.91. The lowest BCUT2D eigenvalue weighted by atomic mass is 10.1. The van der Waals surface area contributed by atoms with Crippen molar-refractivity contribution in [1.29, 1.82) is 0 Å². The van der Waals surface area contributed by atoms with Crippen molar-refractivity contribution in [2.75, 3.05) is 7.11 Å². The first-order chi connectivity index (χ1) is 10.0. The van der Waals surface area contributed by atoms with Crippen molar-refractivity contribution in [2.45, 2.75) is 24.5 Å². The molecule has 1 unspecified atom stereocenters. The largest absolute Gasteiger partial charge is 0.465 e. The van der Waals surface area contributed by atoms with Gasteiger partial charge in [-0.1, -0.05) is 30.3 Å². The summed E-state index contributed by atoms with van der Waals surface area (Å²) in [6.45, 7) is 3.92. The Balaban J connectivity index is 2.32. The van der Waals surface area contributed by atoms with Gasteiger partial charge in [-0.15, -0.1) is 0 Å². The zero-order chi connectivity index (χ0) is 15.4. The second kappa shape index (κ2) is 6.68. The highest BCUT2D eigenvalue weighted by atomic mass is 32.2. The Labute approximate surface area is 127 Å². The van der Waals surface area contributed by atoms with Crippen molar-refractivity contribution in [1.82, 2.24) is 0 Å². The fourth-order valence-electron chi connectivity index (χ4n) is 2.13. The van der Waals surface area contributed by atoms with Crippen LogP contribution in [0.25, 0.3) is 0 Å². The van der Waals surface area contributed by atoms with Crippen LogP contribution in [0.1, 0.15) is 27.0 Å². The first-order valence-electron chi connectivity index (χ1n) is 6.64. The molecule has 2 aromatic rings. The van der Waals surface area contributed by atoms with Crippen LogP contribution < -0.4 is 0 Å². The number of hydrogen-bond donors (Lipinski definition) is 0. The highest BCUT2D eigenvalue weighted by Crippen LogP contribution is 2.20. The Morgan fingerprint density at radius 3 is 2.57 bits per heavy atom. The quantitative estimate of drug-likeness (QED) is 0.813. The van der Waals surface area contributed by atoms with Crippen LogP contribution in [0.3, 0.4) is 0 Å². The molecule has 1 atom stereocenters. The number of esters is 1. The molecule has 0 heterocycles. The Kier molecular flexibility index (Phi) is 4.91. The van der Waals surface area contributed by atoms with Crippen molar-refractivity contribution in [2.24, 2.45) is 0 Å². The average molecular weight is 302 g/mol. The third kappa shape index (κ3) is 3.58. The Bertz CT molecular complexity index is 692. The topological polar surface area (TPSA) is 43.4 Å². The van der Waals surface area contributed by atoms with Crippen LogP contribution in [0.5, 0.6) is 0 Å². The molecule has 0 aliphatic heterocycles. The van der Waals surface area contributed by atoms with Crippen LogP contribution in [-0.4, -0.2) is 17.3 Å². The minimum atomic E-state index is -1.19. The van der Waals surface area contributed by atoms with Crippen LogP contribution in [0.4, 0.5) is 0 Å². The standard InChI is InChI=1S/C17H18O3S/c1-12-8-9-13(2)16(10-12)21(19)11-14-6-4-5-7-15(14)17(18)20-3/h4-10H,11H2,1-3H3.